The molecule has 0 heterocycles. The Bertz CT molecular complexity index is 437. The standard InChI is InChI=1S/C28H54O4/c1-6-7-8-9-10-11-14-17-20-23-31-26(29)21-18-15-12-13-16-19-22-27(30)32-28(24(2)3)25(4)5/h24-25,28H,6-23H2,1-5H3. The molecule has 0 bridgehead atoms. The molecule has 0 unspecified atom stereocenters. The maximum absolute atomic E-state index is 12.0. The van der Waals surface area contributed by atoms with Gasteiger partial charge < -0.3 is 9.47 Å². The van der Waals surface area contributed by atoms with Crippen LogP contribution < -0.4 is 0 Å². The van der Waals surface area contributed by atoms with Gasteiger partial charge in [-0.2, -0.15) is 0 Å². The van der Waals surface area contributed by atoms with Crippen LogP contribution in [0.1, 0.15) is 144 Å². The minimum absolute atomic E-state index is 0.0163. The van der Waals surface area contributed by atoms with E-state index in [1.54, 1.807) is 0 Å². The Morgan fingerprint density at radius 2 is 0.969 bits per heavy atom. The third-order valence-electron chi connectivity index (χ3n) is 6.10. The van der Waals surface area contributed by atoms with Crippen molar-refractivity contribution < 1.29 is 19.1 Å². The largest absolute Gasteiger partial charge is 0.466 e. The van der Waals surface area contributed by atoms with Gasteiger partial charge in [-0.25, -0.2) is 0 Å². The molecule has 0 saturated carbocycles. The highest BCUT2D eigenvalue weighted by Crippen LogP contribution is 2.18. The minimum Gasteiger partial charge on any atom is -0.466 e. The Kier molecular flexibility index (Phi) is 21.0. The van der Waals surface area contributed by atoms with Gasteiger partial charge in [0.1, 0.15) is 6.10 Å². The number of esters is 2. The maximum Gasteiger partial charge on any atom is 0.306 e. The van der Waals surface area contributed by atoms with E-state index in [-0.39, 0.29) is 18.0 Å². The second-order valence-corrected chi connectivity index (χ2v) is 10.1. The van der Waals surface area contributed by atoms with Crippen molar-refractivity contribution in [1.82, 2.24) is 0 Å². The molecule has 0 atom stereocenters. The van der Waals surface area contributed by atoms with Crippen molar-refractivity contribution >= 4 is 11.9 Å². The van der Waals surface area contributed by atoms with Gasteiger partial charge in [-0.3, -0.25) is 9.59 Å². The molecule has 4 heteroatoms. The summed E-state index contributed by atoms with van der Waals surface area (Å²) in [6.07, 6.45) is 18.7. The Balaban J connectivity index is 3.43. The van der Waals surface area contributed by atoms with Crippen molar-refractivity contribution in [2.24, 2.45) is 11.8 Å². The van der Waals surface area contributed by atoms with Gasteiger partial charge in [0.15, 0.2) is 0 Å². The maximum atomic E-state index is 12.0. The Morgan fingerprint density at radius 1 is 0.562 bits per heavy atom. The highest BCUT2D eigenvalue weighted by Gasteiger charge is 2.21. The third-order valence-corrected chi connectivity index (χ3v) is 6.10. The number of carbonyl (C=O) groups is 2. The highest BCUT2D eigenvalue weighted by molar-refractivity contribution is 5.69. The number of ether oxygens (including phenoxy) is 2. The van der Waals surface area contributed by atoms with E-state index in [2.05, 4.69) is 34.6 Å². The fourth-order valence-electron chi connectivity index (χ4n) is 4.17. The van der Waals surface area contributed by atoms with Crippen molar-refractivity contribution in [3.63, 3.8) is 0 Å². The van der Waals surface area contributed by atoms with Crippen LogP contribution in [0.5, 0.6) is 0 Å². The second-order valence-electron chi connectivity index (χ2n) is 10.1. The van der Waals surface area contributed by atoms with Crippen LogP contribution in [0.25, 0.3) is 0 Å². The van der Waals surface area contributed by atoms with Crippen molar-refractivity contribution in [2.75, 3.05) is 6.61 Å². The van der Waals surface area contributed by atoms with E-state index in [0.717, 1.165) is 44.9 Å². The summed E-state index contributed by atoms with van der Waals surface area (Å²) in [7, 11) is 0. The molecule has 0 amide bonds. The molecular formula is C28H54O4. The van der Waals surface area contributed by atoms with Crippen LogP contribution in [-0.4, -0.2) is 24.6 Å². The van der Waals surface area contributed by atoms with E-state index in [9.17, 15) is 9.59 Å². The van der Waals surface area contributed by atoms with Gasteiger partial charge in [-0.05, 0) is 31.1 Å². The van der Waals surface area contributed by atoms with E-state index in [1.807, 2.05) is 0 Å². The zero-order valence-electron chi connectivity index (χ0n) is 22.1. The van der Waals surface area contributed by atoms with E-state index >= 15 is 0 Å². The lowest BCUT2D eigenvalue weighted by atomic mass is 9.96. The molecule has 0 aliphatic heterocycles. The number of rotatable bonds is 22. The Morgan fingerprint density at radius 3 is 1.44 bits per heavy atom. The van der Waals surface area contributed by atoms with E-state index in [1.165, 1.54) is 51.4 Å². The molecule has 0 aromatic carbocycles. The van der Waals surface area contributed by atoms with Crippen LogP contribution in [0.2, 0.25) is 0 Å². The summed E-state index contributed by atoms with van der Waals surface area (Å²) in [5, 5.41) is 0. The molecule has 0 aromatic heterocycles. The first-order chi connectivity index (χ1) is 15.4. The summed E-state index contributed by atoms with van der Waals surface area (Å²) in [6.45, 7) is 11.2. The normalized spacial score (nSPS) is 11.5. The molecule has 0 saturated heterocycles. The van der Waals surface area contributed by atoms with Crippen molar-refractivity contribution in [3.05, 3.63) is 0 Å². The van der Waals surface area contributed by atoms with Crippen LogP contribution >= 0.6 is 0 Å². The van der Waals surface area contributed by atoms with Gasteiger partial charge in [0.25, 0.3) is 0 Å². The summed E-state index contributed by atoms with van der Waals surface area (Å²) in [5.41, 5.74) is 0. The summed E-state index contributed by atoms with van der Waals surface area (Å²) >= 11 is 0. The second kappa shape index (κ2) is 21.8. The number of hydrogen-bond acceptors (Lipinski definition) is 4. The lowest BCUT2D eigenvalue weighted by molar-refractivity contribution is -0.154. The average Bonchev–Trinajstić information content (AvgIpc) is 2.74. The first-order valence-corrected chi connectivity index (χ1v) is 13.7. The quantitative estimate of drug-likeness (QED) is 0.122. The lowest BCUT2D eigenvalue weighted by Crippen LogP contribution is -2.28. The van der Waals surface area contributed by atoms with Crippen LogP contribution in [-0.2, 0) is 19.1 Å². The van der Waals surface area contributed by atoms with Gasteiger partial charge in [-0.1, -0.05) is 112 Å². The molecule has 0 spiro atoms. The highest BCUT2D eigenvalue weighted by atomic mass is 16.5. The fourth-order valence-corrected chi connectivity index (χ4v) is 4.17. The van der Waals surface area contributed by atoms with E-state index in [4.69, 9.17) is 9.47 Å². The average molecular weight is 455 g/mol. The molecular weight excluding hydrogens is 400 g/mol. The molecule has 4 nitrogen and oxygen atoms in total. The van der Waals surface area contributed by atoms with Gasteiger partial charge >= 0.3 is 11.9 Å². The van der Waals surface area contributed by atoms with Crippen molar-refractivity contribution in [2.45, 2.75) is 150 Å². The fraction of sp³-hybridized carbons (Fsp3) is 0.929. The molecule has 0 fully saturated rings. The van der Waals surface area contributed by atoms with Gasteiger partial charge in [0.2, 0.25) is 0 Å². The number of hydrogen-bond donors (Lipinski definition) is 0. The summed E-state index contributed by atoms with van der Waals surface area (Å²) in [5.74, 6) is 0.607. The minimum atomic E-state index is -0.0629. The van der Waals surface area contributed by atoms with E-state index in [0.29, 0.717) is 31.3 Å². The summed E-state index contributed by atoms with van der Waals surface area (Å²) in [4.78, 5) is 23.8. The molecule has 190 valence electrons. The molecule has 0 aliphatic carbocycles. The Labute approximate surface area is 199 Å². The van der Waals surface area contributed by atoms with Gasteiger partial charge in [-0.15, -0.1) is 0 Å². The first-order valence-electron chi connectivity index (χ1n) is 13.7. The predicted molar refractivity (Wildman–Crippen MR) is 135 cm³/mol. The third kappa shape index (κ3) is 19.6. The predicted octanol–water partition coefficient (Wildman–Crippen LogP) is 8.41. The summed E-state index contributed by atoms with van der Waals surface area (Å²) in [6, 6.07) is 0. The van der Waals surface area contributed by atoms with Gasteiger partial charge in [0.05, 0.1) is 6.61 Å². The van der Waals surface area contributed by atoms with Crippen molar-refractivity contribution in [3.8, 4) is 0 Å². The lowest BCUT2D eigenvalue weighted by Gasteiger charge is -2.24. The summed E-state index contributed by atoms with van der Waals surface area (Å²) < 4.78 is 11.0. The molecule has 0 aromatic rings. The molecule has 0 rings (SSSR count). The topological polar surface area (TPSA) is 52.6 Å². The van der Waals surface area contributed by atoms with Crippen LogP contribution in [0.4, 0.5) is 0 Å². The first kappa shape index (κ1) is 30.9. The monoisotopic (exact) mass is 454 g/mol. The zero-order valence-corrected chi connectivity index (χ0v) is 22.1. The SMILES string of the molecule is CCCCCCCCCCCOC(=O)CCCCCCCCC(=O)OC(C(C)C)C(C)C. The zero-order chi connectivity index (χ0) is 24.0. The van der Waals surface area contributed by atoms with Crippen LogP contribution in [0.3, 0.4) is 0 Å². The number of carbonyl (C=O) groups excluding carboxylic acids is 2. The Hall–Kier alpha value is -1.06. The smallest absolute Gasteiger partial charge is 0.306 e. The van der Waals surface area contributed by atoms with E-state index < -0.39 is 0 Å². The van der Waals surface area contributed by atoms with Crippen LogP contribution in [0, 0.1) is 11.8 Å². The number of unbranched alkanes of at least 4 members (excludes halogenated alkanes) is 13. The van der Waals surface area contributed by atoms with Gasteiger partial charge in [0, 0.05) is 12.8 Å². The molecule has 0 radical (unpaired) electrons. The van der Waals surface area contributed by atoms with Crippen molar-refractivity contribution in [1.29, 1.82) is 0 Å². The van der Waals surface area contributed by atoms with Crippen LogP contribution in [0.15, 0.2) is 0 Å². The molecule has 0 aliphatic rings. The molecule has 32 heavy (non-hydrogen) atoms. The molecule has 0 N–H and O–H groups in total.